The molecule has 100 valence electrons. The minimum absolute atomic E-state index is 0.0301. The summed E-state index contributed by atoms with van der Waals surface area (Å²) in [5.41, 5.74) is 2.85. The predicted molar refractivity (Wildman–Crippen MR) is 72.9 cm³/mol. The lowest BCUT2D eigenvalue weighted by atomic mass is 10.1. The van der Waals surface area contributed by atoms with Gasteiger partial charge in [0.15, 0.2) is 0 Å². The van der Waals surface area contributed by atoms with Crippen LogP contribution < -0.4 is 10.6 Å². The van der Waals surface area contributed by atoms with E-state index >= 15 is 0 Å². The topological polar surface area (TPSA) is 58.2 Å². The Morgan fingerprint density at radius 1 is 1.32 bits per heavy atom. The molecule has 4 heteroatoms. The summed E-state index contributed by atoms with van der Waals surface area (Å²) in [5, 5.41) is 5.88. The van der Waals surface area contributed by atoms with Gasteiger partial charge in [0.25, 0.3) is 0 Å². The van der Waals surface area contributed by atoms with Crippen molar-refractivity contribution in [1.29, 1.82) is 0 Å². The molecule has 1 aliphatic heterocycles. The van der Waals surface area contributed by atoms with Gasteiger partial charge in [0.1, 0.15) is 0 Å². The summed E-state index contributed by atoms with van der Waals surface area (Å²) in [7, 11) is 0. The van der Waals surface area contributed by atoms with Crippen molar-refractivity contribution < 1.29 is 9.59 Å². The van der Waals surface area contributed by atoms with Gasteiger partial charge in [-0.3, -0.25) is 9.59 Å². The quantitative estimate of drug-likeness (QED) is 0.868. The highest BCUT2D eigenvalue weighted by atomic mass is 16.2. The van der Waals surface area contributed by atoms with Crippen molar-refractivity contribution in [3.05, 3.63) is 29.3 Å². The lowest BCUT2D eigenvalue weighted by Gasteiger charge is -2.12. The molecule has 0 radical (unpaired) electrons. The first-order valence-corrected chi connectivity index (χ1v) is 6.92. The highest BCUT2D eigenvalue weighted by Gasteiger charge is 2.19. The summed E-state index contributed by atoms with van der Waals surface area (Å²) in [4.78, 5) is 23.2. The van der Waals surface area contributed by atoms with E-state index in [1.54, 1.807) is 0 Å². The van der Waals surface area contributed by atoms with Gasteiger partial charge in [-0.2, -0.15) is 0 Å². The first-order chi connectivity index (χ1) is 9.20. The van der Waals surface area contributed by atoms with E-state index in [-0.39, 0.29) is 11.8 Å². The zero-order valence-electron chi connectivity index (χ0n) is 10.9. The lowest BCUT2D eigenvalue weighted by molar-refractivity contribution is -0.121. The third-order valence-corrected chi connectivity index (χ3v) is 3.88. The van der Waals surface area contributed by atoms with Crippen LogP contribution in [0.3, 0.4) is 0 Å². The fourth-order valence-corrected chi connectivity index (χ4v) is 2.93. The maximum atomic E-state index is 11.9. The molecule has 19 heavy (non-hydrogen) atoms. The first kappa shape index (κ1) is 12.2. The van der Waals surface area contributed by atoms with Crippen molar-refractivity contribution in [3.8, 4) is 0 Å². The Bertz CT molecular complexity index is 519. The fourth-order valence-electron chi connectivity index (χ4n) is 2.93. The average molecular weight is 258 g/mol. The van der Waals surface area contributed by atoms with Gasteiger partial charge >= 0.3 is 0 Å². The Kier molecular flexibility index (Phi) is 3.23. The van der Waals surface area contributed by atoms with Crippen molar-refractivity contribution >= 4 is 17.5 Å². The van der Waals surface area contributed by atoms with Gasteiger partial charge in [-0.15, -0.1) is 0 Å². The minimum atomic E-state index is 0.0301. The van der Waals surface area contributed by atoms with Crippen LogP contribution in [-0.2, 0) is 22.4 Å². The Morgan fingerprint density at radius 2 is 2.11 bits per heavy atom. The molecule has 2 aliphatic rings. The smallest absolute Gasteiger partial charge is 0.228 e. The van der Waals surface area contributed by atoms with Gasteiger partial charge in [0.2, 0.25) is 11.8 Å². The molecule has 0 saturated heterocycles. The van der Waals surface area contributed by atoms with E-state index < -0.39 is 0 Å². The number of amides is 2. The molecule has 0 unspecified atom stereocenters. The fraction of sp³-hybridized carbons (Fsp3) is 0.467. The monoisotopic (exact) mass is 258 g/mol. The summed E-state index contributed by atoms with van der Waals surface area (Å²) in [5.74, 6) is 0.117. The zero-order chi connectivity index (χ0) is 13.2. The second-order valence-corrected chi connectivity index (χ2v) is 5.44. The molecule has 2 amide bonds. The van der Waals surface area contributed by atoms with Crippen molar-refractivity contribution in [1.82, 2.24) is 5.32 Å². The van der Waals surface area contributed by atoms with E-state index in [4.69, 9.17) is 0 Å². The van der Waals surface area contributed by atoms with E-state index in [1.807, 2.05) is 18.2 Å². The molecule has 1 aromatic carbocycles. The van der Waals surface area contributed by atoms with Crippen LogP contribution in [-0.4, -0.2) is 17.9 Å². The van der Waals surface area contributed by atoms with E-state index in [1.165, 1.54) is 12.8 Å². The third-order valence-electron chi connectivity index (χ3n) is 3.88. The van der Waals surface area contributed by atoms with Crippen LogP contribution in [0.5, 0.6) is 0 Å². The van der Waals surface area contributed by atoms with Gasteiger partial charge in [-0.25, -0.2) is 0 Å². The lowest BCUT2D eigenvalue weighted by Crippen LogP contribution is -2.33. The standard InChI is InChI=1S/C15H18N2O2/c18-14(16-12-3-1-2-4-12)8-10-5-6-13-11(7-10)9-15(19)17-13/h5-7,12H,1-4,8-9H2,(H,16,18)(H,17,19). The molecular formula is C15H18N2O2. The van der Waals surface area contributed by atoms with E-state index in [0.29, 0.717) is 18.9 Å². The van der Waals surface area contributed by atoms with Gasteiger partial charge in [-0.05, 0) is 30.0 Å². The number of nitrogens with one attached hydrogen (secondary N) is 2. The van der Waals surface area contributed by atoms with Crippen LogP contribution in [0.4, 0.5) is 5.69 Å². The second kappa shape index (κ2) is 5.03. The van der Waals surface area contributed by atoms with Crippen LogP contribution in [0.25, 0.3) is 0 Å². The van der Waals surface area contributed by atoms with Gasteiger partial charge in [-0.1, -0.05) is 25.0 Å². The van der Waals surface area contributed by atoms with Crippen LogP contribution in [0.1, 0.15) is 36.8 Å². The minimum Gasteiger partial charge on any atom is -0.353 e. The number of carbonyl (C=O) groups is 2. The van der Waals surface area contributed by atoms with Crippen LogP contribution >= 0.6 is 0 Å². The summed E-state index contributed by atoms with van der Waals surface area (Å²) in [6.07, 6.45) is 5.48. The predicted octanol–water partition coefficient (Wildman–Crippen LogP) is 1.78. The largest absolute Gasteiger partial charge is 0.353 e. The Labute approximate surface area is 112 Å². The van der Waals surface area contributed by atoms with Crippen LogP contribution in [0, 0.1) is 0 Å². The Hall–Kier alpha value is -1.84. The molecule has 4 nitrogen and oxygen atoms in total. The zero-order valence-corrected chi connectivity index (χ0v) is 10.9. The molecule has 1 saturated carbocycles. The van der Waals surface area contributed by atoms with E-state index in [0.717, 1.165) is 29.7 Å². The third kappa shape index (κ3) is 2.78. The highest BCUT2D eigenvalue weighted by molar-refractivity contribution is 5.99. The van der Waals surface area contributed by atoms with E-state index in [9.17, 15) is 9.59 Å². The molecule has 2 N–H and O–H groups in total. The molecule has 3 rings (SSSR count). The molecule has 0 spiro atoms. The molecule has 1 aromatic rings. The maximum absolute atomic E-state index is 11.9. The summed E-state index contributed by atoms with van der Waals surface area (Å²) < 4.78 is 0. The number of anilines is 1. The molecule has 0 bridgehead atoms. The summed E-state index contributed by atoms with van der Waals surface area (Å²) in [6, 6.07) is 6.13. The summed E-state index contributed by atoms with van der Waals surface area (Å²) in [6.45, 7) is 0. The normalized spacial score (nSPS) is 18.2. The molecule has 1 fully saturated rings. The van der Waals surface area contributed by atoms with Crippen molar-refractivity contribution in [3.63, 3.8) is 0 Å². The molecule has 0 aromatic heterocycles. The Balaban J connectivity index is 1.62. The van der Waals surface area contributed by atoms with Gasteiger partial charge in [0.05, 0.1) is 12.8 Å². The molecule has 1 aliphatic carbocycles. The number of benzene rings is 1. The maximum Gasteiger partial charge on any atom is 0.228 e. The molecule has 1 heterocycles. The van der Waals surface area contributed by atoms with Crippen molar-refractivity contribution in [2.75, 3.05) is 5.32 Å². The SMILES string of the molecule is O=C1Cc2cc(CC(=O)NC3CCCC3)ccc2N1. The Morgan fingerprint density at radius 3 is 2.89 bits per heavy atom. The van der Waals surface area contributed by atoms with E-state index in [2.05, 4.69) is 10.6 Å². The second-order valence-electron chi connectivity index (χ2n) is 5.44. The van der Waals surface area contributed by atoms with Crippen LogP contribution in [0.15, 0.2) is 18.2 Å². The summed E-state index contributed by atoms with van der Waals surface area (Å²) >= 11 is 0. The van der Waals surface area contributed by atoms with Crippen molar-refractivity contribution in [2.24, 2.45) is 0 Å². The highest BCUT2D eigenvalue weighted by Crippen LogP contribution is 2.24. The van der Waals surface area contributed by atoms with Crippen molar-refractivity contribution in [2.45, 2.75) is 44.6 Å². The number of rotatable bonds is 3. The number of carbonyl (C=O) groups excluding carboxylic acids is 2. The average Bonchev–Trinajstić information content (AvgIpc) is 2.96. The number of fused-ring (bicyclic) bond motifs is 1. The van der Waals surface area contributed by atoms with Crippen LogP contribution in [0.2, 0.25) is 0 Å². The number of hydrogen-bond donors (Lipinski definition) is 2. The number of hydrogen-bond acceptors (Lipinski definition) is 2. The van der Waals surface area contributed by atoms with Gasteiger partial charge in [0, 0.05) is 11.7 Å². The van der Waals surface area contributed by atoms with Gasteiger partial charge < -0.3 is 10.6 Å². The first-order valence-electron chi connectivity index (χ1n) is 6.92. The molecular weight excluding hydrogens is 240 g/mol. The molecule has 0 atom stereocenters.